The van der Waals surface area contributed by atoms with Gasteiger partial charge in [0.05, 0.1) is 19.3 Å². The normalized spacial score (nSPS) is 60.3. The van der Waals surface area contributed by atoms with Gasteiger partial charge in [-0.2, -0.15) is 0 Å². The average Bonchev–Trinajstić information content (AvgIpc) is 2.51. The number of rotatable bonds is 0. The van der Waals surface area contributed by atoms with E-state index < -0.39 is 0 Å². The molecule has 0 aromatic rings. The first kappa shape index (κ1) is 6.37. The Kier molecular flexibility index (Phi) is 1.13. The summed E-state index contributed by atoms with van der Waals surface area (Å²) in [5.74, 6) is 0.146. The van der Waals surface area contributed by atoms with Gasteiger partial charge in [-0.15, -0.1) is 0 Å². The van der Waals surface area contributed by atoms with E-state index in [0.29, 0.717) is 13.2 Å². The molecular formula is C7H10O4. The lowest BCUT2D eigenvalue weighted by molar-refractivity contribution is -0.231. The number of aliphatic hydroxyl groups excluding tert-OH is 1. The zero-order valence-corrected chi connectivity index (χ0v) is 5.97. The molecule has 3 saturated heterocycles. The molecule has 0 aromatic carbocycles. The van der Waals surface area contributed by atoms with Gasteiger partial charge in [0.2, 0.25) is 0 Å². The summed E-state index contributed by atoms with van der Waals surface area (Å²) in [5.41, 5.74) is 0. The second kappa shape index (κ2) is 1.95. The van der Waals surface area contributed by atoms with E-state index in [9.17, 15) is 5.11 Å². The third kappa shape index (κ3) is 0.679. The highest BCUT2D eigenvalue weighted by Crippen LogP contribution is 2.39. The van der Waals surface area contributed by atoms with Gasteiger partial charge in [-0.05, 0) is 0 Å². The van der Waals surface area contributed by atoms with Crippen molar-refractivity contribution < 1.29 is 19.3 Å². The molecular weight excluding hydrogens is 148 g/mol. The van der Waals surface area contributed by atoms with Crippen LogP contribution in [0.25, 0.3) is 0 Å². The minimum Gasteiger partial charge on any atom is -0.390 e. The van der Waals surface area contributed by atoms with Crippen LogP contribution in [-0.2, 0) is 14.2 Å². The molecule has 0 aliphatic carbocycles. The topological polar surface area (TPSA) is 47.9 Å². The molecule has 0 radical (unpaired) electrons. The molecule has 4 heteroatoms. The lowest BCUT2D eigenvalue weighted by atomic mass is 10.0. The van der Waals surface area contributed by atoms with E-state index in [1.165, 1.54) is 0 Å². The SMILES string of the molecule is OC1C2COC3OCC1C3O2. The number of ether oxygens (including phenoxy) is 3. The smallest absolute Gasteiger partial charge is 0.184 e. The van der Waals surface area contributed by atoms with Crippen LogP contribution < -0.4 is 0 Å². The molecule has 5 atom stereocenters. The molecule has 0 spiro atoms. The largest absolute Gasteiger partial charge is 0.390 e. The first-order valence-electron chi connectivity index (χ1n) is 3.93. The van der Waals surface area contributed by atoms with E-state index >= 15 is 0 Å². The third-order valence-electron chi connectivity index (χ3n) is 2.72. The summed E-state index contributed by atoms with van der Waals surface area (Å²) >= 11 is 0. The lowest BCUT2D eigenvalue weighted by Gasteiger charge is -2.26. The summed E-state index contributed by atoms with van der Waals surface area (Å²) in [4.78, 5) is 0. The summed E-state index contributed by atoms with van der Waals surface area (Å²) < 4.78 is 16.1. The Bertz CT molecular complexity index is 181. The highest BCUT2D eigenvalue weighted by molar-refractivity contribution is 4.98. The Morgan fingerprint density at radius 3 is 2.91 bits per heavy atom. The molecule has 11 heavy (non-hydrogen) atoms. The van der Waals surface area contributed by atoms with Crippen molar-refractivity contribution in [1.82, 2.24) is 0 Å². The Morgan fingerprint density at radius 1 is 1.18 bits per heavy atom. The fourth-order valence-electron chi connectivity index (χ4n) is 2.08. The molecule has 3 rings (SSSR count). The number of hydrogen-bond acceptors (Lipinski definition) is 4. The molecule has 1 N–H and O–H groups in total. The van der Waals surface area contributed by atoms with Crippen LogP contribution in [0.1, 0.15) is 0 Å². The molecule has 3 aliphatic rings. The van der Waals surface area contributed by atoms with Gasteiger partial charge in [0, 0.05) is 5.92 Å². The summed E-state index contributed by atoms with van der Waals surface area (Å²) in [5, 5.41) is 9.60. The molecule has 3 fully saturated rings. The fourth-order valence-corrected chi connectivity index (χ4v) is 2.08. The van der Waals surface area contributed by atoms with Gasteiger partial charge >= 0.3 is 0 Å². The molecule has 2 bridgehead atoms. The highest BCUT2D eigenvalue weighted by atomic mass is 16.7. The van der Waals surface area contributed by atoms with Gasteiger partial charge in [0.1, 0.15) is 12.2 Å². The summed E-state index contributed by atoms with van der Waals surface area (Å²) in [6, 6.07) is 0. The molecule has 3 heterocycles. The Balaban J connectivity index is 1.96. The maximum absolute atomic E-state index is 9.60. The summed E-state index contributed by atoms with van der Waals surface area (Å²) in [6.07, 6.45) is -0.713. The van der Waals surface area contributed by atoms with Gasteiger partial charge < -0.3 is 19.3 Å². The second-order valence-electron chi connectivity index (χ2n) is 3.33. The average molecular weight is 158 g/mol. The molecule has 62 valence electrons. The highest BCUT2D eigenvalue weighted by Gasteiger charge is 2.55. The predicted octanol–water partition coefficient (Wildman–Crippen LogP) is -0.883. The van der Waals surface area contributed by atoms with Crippen molar-refractivity contribution in [3.8, 4) is 0 Å². The van der Waals surface area contributed by atoms with Crippen molar-refractivity contribution in [2.45, 2.75) is 24.6 Å². The maximum Gasteiger partial charge on any atom is 0.184 e. The lowest BCUT2D eigenvalue weighted by Crippen LogP contribution is -2.38. The van der Waals surface area contributed by atoms with Gasteiger partial charge in [-0.1, -0.05) is 0 Å². The zero-order chi connectivity index (χ0) is 7.42. The van der Waals surface area contributed by atoms with E-state index in [1.54, 1.807) is 0 Å². The first-order valence-corrected chi connectivity index (χ1v) is 3.93. The first-order chi connectivity index (χ1) is 5.36. The quantitative estimate of drug-likeness (QED) is 0.497. The molecule has 4 nitrogen and oxygen atoms in total. The van der Waals surface area contributed by atoms with Crippen molar-refractivity contribution in [3.05, 3.63) is 0 Å². The van der Waals surface area contributed by atoms with Crippen LogP contribution in [0.2, 0.25) is 0 Å². The van der Waals surface area contributed by atoms with Crippen LogP contribution >= 0.6 is 0 Å². The van der Waals surface area contributed by atoms with Crippen LogP contribution in [0.3, 0.4) is 0 Å². The van der Waals surface area contributed by atoms with Gasteiger partial charge in [0.25, 0.3) is 0 Å². The van der Waals surface area contributed by atoms with Crippen molar-refractivity contribution in [2.24, 2.45) is 5.92 Å². The Labute approximate surface area is 64.0 Å². The van der Waals surface area contributed by atoms with E-state index in [2.05, 4.69) is 0 Å². The third-order valence-corrected chi connectivity index (χ3v) is 2.72. The van der Waals surface area contributed by atoms with Gasteiger partial charge in [-0.3, -0.25) is 0 Å². The number of fused-ring (bicyclic) bond motifs is 1. The molecule has 5 unspecified atom stereocenters. The van der Waals surface area contributed by atoms with E-state index in [1.807, 2.05) is 0 Å². The van der Waals surface area contributed by atoms with Gasteiger partial charge in [0.15, 0.2) is 6.29 Å². The van der Waals surface area contributed by atoms with Crippen molar-refractivity contribution in [1.29, 1.82) is 0 Å². The molecule has 3 aliphatic heterocycles. The van der Waals surface area contributed by atoms with Crippen molar-refractivity contribution >= 4 is 0 Å². The Hall–Kier alpha value is -0.160. The zero-order valence-electron chi connectivity index (χ0n) is 5.97. The maximum atomic E-state index is 9.60. The van der Waals surface area contributed by atoms with E-state index in [-0.39, 0.29) is 30.5 Å². The van der Waals surface area contributed by atoms with Crippen LogP contribution in [0.15, 0.2) is 0 Å². The van der Waals surface area contributed by atoms with Crippen LogP contribution in [0.5, 0.6) is 0 Å². The second-order valence-corrected chi connectivity index (χ2v) is 3.33. The van der Waals surface area contributed by atoms with E-state index in [4.69, 9.17) is 14.2 Å². The van der Waals surface area contributed by atoms with Gasteiger partial charge in [-0.25, -0.2) is 0 Å². The summed E-state index contributed by atoms with van der Waals surface area (Å²) in [6.45, 7) is 1.05. The molecule has 0 aromatic heterocycles. The fraction of sp³-hybridized carbons (Fsp3) is 1.00. The predicted molar refractivity (Wildman–Crippen MR) is 33.8 cm³/mol. The number of aliphatic hydroxyl groups is 1. The number of hydrogen-bond donors (Lipinski definition) is 1. The minimum atomic E-state index is -0.382. The van der Waals surface area contributed by atoms with Crippen LogP contribution in [0, 0.1) is 5.92 Å². The Morgan fingerprint density at radius 2 is 2.00 bits per heavy atom. The van der Waals surface area contributed by atoms with Crippen LogP contribution in [-0.4, -0.2) is 42.9 Å². The summed E-state index contributed by atoms with van der Waals surface area (Å²) in [7, 11) is 0. The van der Waals surface area contributed by atoms with Crippen LogP contribution in [0.4, 0.5) is 0 Å². The van der Waals surface area contributed by atoms with Crippen molar-refractivity contribution in [3.63, 3.8) is 0 Å². The molecule has 0 saturated carbocycles. The minimum absolute atomic E-state index is 0.0104. The van der Waals surface area contributed by atoms with Crippen molar-refractivity contribution in [2.75, 3.05) is 13.2 Å². The standard InChI is InChI=1S/C7H10O4/c8-5-3-1-9-7-6(3)11-4(5)2-10-7/h3-8H,1-2H2. The van der Waals surface area contributed by atoms with E-state index in [0.717, 1.165) is 0 Å². The monoisotopic (exact) mass is 158 g/mol. The molecule has 0 amide bonds.